The maximum Gasteiger partial charge on any atom is 0.239 e. The van der Waals surface area contributed by atoms with Gasteiger partial charge in [-0.3, -0.25) is 4.79 Å². The third-order valence-corrected chi connectivity index (χ3v) is 2.08. The Bertz CT molecular complexity index is 394. The Labute approximate surface area is 99.2 Å². The van der Waals surface area contributed by atoms with Gasteiger partial charge in [0.2, 0.25) is 5.91 Å². The topological polar surface area (TPSA) is 41.1 Å². The zero-order valence-electron chi connectivity index (χ0n) is 9.89. The van der Waals surface area contributed by atoms with Gasteiger partial charge in [0, 0.05) is 18.3 Å². The summed E-state index contributed by atoms with van der Waals surface area (Å²) < 4.78 is 25.5. The van der Waals surface area contributed by atoms with E-state index in [2.05, 4.69) is 10.6 Å². The molecule has 5 heteroatoms. The summed E-state index contributed by atoms with van der Waals surface area (Å²) in [5, 5.41) is 5.43. The maximum atomic E-state index is 12.8. The van der Waals surface area contributed by atoms with Crippen molar-refractivity contribution in [2.75, 3.05) is 18.4 Å². The first kappa shape index (κ1) is 13.4. The molecule has 0 aromatic heterocycles. The predicted octanol–water partition coefficient (Wildman–Crippen LogP) is 2.15. The largest absolute Gasteiger partial charge is 0.376 e. The molecule has 0 unspecified atom stereocenters. The van der Waals surface area contributed by atoms with Gasteiger partial charge >= 0.3 is 0 Å². The van der Waals surface area contributed by atoms with Gasteiger partial charge in [-0.05, 0) is 18.1 Å². The van der Waals surface area contributed by atoms with E-state index in [1.54, 1.807) is 0 Å². The maximum absolute atomic E-state index is 12.8. The van der Waals surface area contributed by atoms with Crippen LogP contribution < -0.4 is 10.6 Å². The number of anilines is 1. The third kappa shape index (κ3) is 4.80. The molecule has 94 valence electrons. The van der Waals surface area contributed by atoms with Crippen LogP contribution in [0.1, 0.15) is 13.8 Å². The number of hydrogen-bond donors (Lipinski definition) is 2. The lowest BCUT2D eigenvalue weighted by Gasteiger charge is -2.09. The van der Waals surface area contributed by atoms with Crippen molar-refractivity contribution in [2.45, 2.75) is 13.8 Å². The molecule has 0 heterocycles. The lowest BCUT2D eigenvalue weighted by molar-refractivity contribution is -0.119. The number of nitrogens with one attached hydrogen (secondary N) is 2. The lowest BCUT2D eigenvalue weighted by atomic mass is 10.2. The number of benzene rings is 1. The van der Waals surface area contributed by atoms with Crippen LogP contribution in [0.2, 0.25) is 0 Å². The van der Waals surface area contributed by atoms with Gasteiger partial charge in [-0.25, -0.2) is 8.78 Å². The van der Waals surface area contributed by atoms with Crippen LogP contribution in [-0.2, 0) is 4.79 Å². The molecule has 0 radical (unpaired) electrons. The monoisotopic (exact) mass is 242 g/mol. The summed E-state index contributed by atoms with van der Waals surface area (Å²) >= 11 is 0. The zero-order chi connectivity index (χ0) is 12.8. The van der Waals surface area contributed by atoms with Gasteiger partial charge in [-0.1, -0.05) is 13.8 Å². The van der Waals surface area contributed by atoms with Crippen LogP contribution >= 0.6 is 0 Å². The highest BCUT2D eigenvalue weighted by molar-refractivity contribution is 5.80. The average Bonchev–Trinajstić information content (AvgIpc) is 2.28. The molecular weight excluding hydrogens is 226 g/mol. The first-order chi connectivity index (χ1) is 7.99. The molecule has 0 spiro atoms. The van der Waals surface area contributed by atoms with Gasteiger partial charge in [0.15, 0.2) is 11.6 Å². The van der Waals surface area contributed by atoms with Gasteiger partial charge < -0.3 is 10.6 Å². The van der Waals surface area contributed by atoms with E-state index in [-0.39, 0.29) is 12.5 Å². The molecule has 1 aromatic rings. The van der Waals surface area contributed by atoms with Crippen LogP contribution in [-0.4, -0.2) is 19.0 Å². The summed E-state index contributed by atoms with van der Waals surface area (Å²) in [4.78, 5) is 11.3. The van der Waals surface area contributed by atoms with Crippen molar-refractivity contribution in [1.29, 1.82) is 0 Å². The van der Waals surface area contributed by atoms with Gasteiger partial charge in [0.1, 0.15) is 0 Å². The number of carbonyl (C=O) groups excluding carboxylic acids is 1. The Balaban J connectivity index is 2.39. The van der Waals surface area contributed by atoms with Gasteiger partial charge in [0.25, 0.3) is 0 Å². The number of amides is 1. The number of rotatable bonds is 5. The molecule has 0 bridgehead atoms. The highest BCUT2D eigenvalue weighted by Crippen LogP contribution is 2.12. The minimum absolute atomic E-state index is 0.0395. The predicted molar refractivity (Wildman–Crippen MR) is 62.7 cm³/mol. The summed E-state index contributed by atoms with van der Waals surface area (Å²) in [6.07, 6.45) is 0. The van der Waals surface area contributed by atoms with Crippen LogP contribution in [0.3, 0.4) is 0 Å². The minimum atomic E-state index is -0.933. The zero-order valence-corrected chi connectivity index (χ0v) is 9.89. The van der Waals surface area contributed by atoms with Crippen molar-refractivity contribution < 1.29 is 13.6 Å². The minimum Gasteiger partial charge on any atom is -0.376 e. The van der Waals surface area contributed by atoms with Crippen LogP contribution in [0.5, 0.6) is 0 Å². The van der Waals surface area contributed by atoms with E-state index < -0.39 is 11.6 Å². The second kappa shape index (κ2) is 6.18. The van der Waals surface area contributed by atoms with Crippen molar-refractivity contribution >= 4 is 11.6 Å². The van der Waals surface area contributed by atoms with Crippen molar-refractivity contribution in [3.8, 4) is 0 Å². The second-order valence-electron chi connectivity index (χ2n) is 4.18. The average molecular weight is 242 g/mol. The van der Waals surface area contributed by atoms with Gasteiger partial charge in [-0.15, -0.1) is 0 Å². The van der Waals surface area contributed by atoms with Crippen molar-refractivity contribution in [3.63, 3.8) is 0 Å². The van der Waals surface area contributed by atoms with E-state index in [0.29, 0.717) is 18.2 Å². The molecule has 2 N–H and O–H groups in total. The Morgan fingerprint density at radius 3 is 2.59 bits per heavy atom. The van der Waals surface area contributed by atoms with E-state index in [0.717, 1.165) is 12.1 Å². The number of carbonyl (C=O) groups is 1. The van der Waals surface area contributed by atoms with E-state index in [4.69, 9.17) is 0 Å². The van der Waals surface area contributed by atoms with E-state index in [9.17, 15) is 13.6 Å². The van der Waals surface area contributed by atoms with E-state index in [1.165, 1.54) is 6.07 Å². The number of halogens is 2. The fourth-order valence-corrected chi connectivity index (χ4v) is 1.17. The first-order valence-electron chi connectivity index (χ1n) is 5.44. The molecule has 0 saturated carbocycles. The van der Waals surface area contributed by atoms with Crippen LogP contribution in [0.15, 0.2) is 18.2 Å². The van der Waals surface area contributed by atoms with Crippen LogP contribution in [0.25, 0.3) is 0 Å². The number of hydrogen-bond acceptors (Lipinski definition) is 2. The van der Waals surface area contributed by atoms with Gasteiger partial charge in [-0.2, -0.15) is 0 Å². The molecule has 1 aromatic carbocycles. The van der Waals surface area contributed by atoms with Crippen LogP contribution in [0, 0.1) is 17.6 Å². The third-order valence-electron chi connectivity index (χ3n) is 2.08. The van der Waals surface area contributed by atoms with Gasteiger partial charge in [0.05, 0.1) is 6.54 Å². The Morgan fingerprint density at radius 1 is 1.29 bits per heavy atom. The van der Waals surface area contributed by atoms with Crippen molar-refractivity contribution in [1.82, 2.24) is 5.32 Å². The van der Waals surface area contributed by atoms with Crippen molar-refractivity contribution in [3.05, 3.63) is 29.8 Å². The molecule has 0 aliphatic rings. The SMILES string of the molecule is CC(C)CNC(=O)CNc1ccc(F)c(F)c1. The smallest absolute Gasteiger partial charge is 0.239 e. The molecule has 0 saturated heterocycles. The molecule has 0 atom stereocenters. The van der Waals surface area contributed by atoms with Crippen molar-refractivity contribution in [2.24, 2.45) is 5.92 Å². The summed E-state index contributed by atoms with van der Waals surface area (Å²) in [5.41, 5.74) is 0.378. The van der Waals surface area contributed by atoms with Crippen LogP contribution in [0.4, 0.5) is 14.5 Å². The molecule has 1 amide bonds. The molecule has 17 heavy (non-hydrogen) atoms. The summed E-state index contributed by atoms with van der Waals surface area (Å²) in [5.74, 6) is -1.64. The summed E-state index contributed by atoms with van der Waals surface area (Å²) in [6, 6.07) is 3.42. The Hall–Kier alpha value is -1.65. The fourth-order valence-electron chi connectivity index (χ4n) is 1.17. The highest BCUT2D eigenvalue weighted by Gasteiger charge is 2.04. The fraction of sp³-hybridized carbons (Fsp3) is 0.417. The molecule has 0 fully saturated rings. The Kier molecular flexibility index (Phi) is 4.87. The Morgan fingerprint density at radius 2 is 2.00 bits per heavy atom. The summed E-state index contributed by atoms with van der Waals surface area (Å²) in [6.45, 7) is 4.61. The quantitative estimate of drug-likeness (QED) is 0.830. The summed E-state index contributed by atoms with van der Waals surface area (Å²) in [7, 11) is 0. The molecule has 0 aliphatic carbocycles. The molecular formula is C12H16F2N2O. The molecule has 1 rings (SSSR count). The second-order valence-corrected chi connectivity index (χ2v) is 4.18. The molecule has 0 aliphatic heterocycles. The highest BCUT2D eigenvalue weighted by atomic mass is 19.2. The molecule has 3 nitrogen and oxygen atoms in total. The van der Waals surface area contributed by atoms with E-state index in [1.807, 2.05) is 13.8 Å². The van der Waals surface area contributed by atoms with E-state index >= 15 is 0 Å². The lowest BCUT2D eigenvalue weighted by Crippen LogP contribution is -2.32. The first-order valence-corrected chi connectivity index (χ1v) is 5.44. The standard InChI is InChI=1S/C12H16F2N2O/c1-8(2)6-16-12(17)7-15-9-3-4-10(13)11(14)5-9/h3-5,8,15H,6-7H2,1-2H3,(H,16,17). The normalized spacial score (nSPS) is 10.4.